The maximum atomic E-state index is 12.8. The van der Waals surface area contributed by atoms with Gasteiger partial charge in [-0.25, -0.2) is 0 Å². The van der Waals surface area contributed by atoms with Gasteiger partial charge in [-0.1, -0.05) is 42.4 Å². The van der Waals surface area contributed by atoms with Gasteiger partial charge in [0.05, 0.1) is 5.92 Å². The number of amidine groups is 1. The van der Waals surface area contributed by atoms with Crippen molar-refractivity contribution in [1.82, 2.24) is 4.90 Å². The van der Waals surface area contributed by atoms with Crippen LogP contribution in [0.25, 0.3) is 0 Å². The van der Waals surface area contributed by atoms with E-state index in [9.17, 15) is 4.79 Å². The fourth-order valence-electron chi connectivity index (χ4n) is 2.96. The van der Waals surface area contributed by atoms with E-state index in [0.29, 0.717) is 6.54 Å². The topological polar surface area (TPSA) is 78.9 Å². The van der Waals surface area contributed by atoms with Crippen LogP contribution < -0.4 is 5.73 Å². The van der Waals surface area contributed by atoms with Gasteiger partial charge in [0.25, 0.3) is 0 Å². The van der Waals surface area contributed by atoms with Gasteiger partial charge in [0, 0.05) is 19.0 Å². The number of carbonyl (C=O) groups excluding carboxylic acids is 1. The van der Waals surface area contributed by atoms with E-state index in [1.165, 1.54) is 0 Å². The number of oxime groups is 1. The number of hydrogen-bond acceptors (Lipinski definition) is 3. The minimum absolute atomic E-state index is 0.0408. The Hall–Kier alpha value is -2.04. The Balaban J connectivity index is 2.11. The molecule has 0 spiro atoms. The fraction of sp³-hybridized carbons (Fsp3) is 0.500. The van der Waals surface area contributed by atoms with Crippen molar-refractivity contribution in [3.05, 3.63) is 35.9 Å². The van der Waals surface area contributed by atoms with Gasteiger partial charge in [-0.15, -0.1) is 0 Å². The number of nitrogens with zero attached hydrogens (tertiary/aromatic N) is 2. The van der Waals surface area contributed by atoms with Crippen molar-refractivity contribution in [1.29, 1.82) is 0 Å². The second kappa shape index (κ2) is 7.11. The SMILES string of the molecule is CCC(C(=O)N1CCCC(C(N)=NO)C1)c1ccccc1. The number of hydrogen-bond donors (Lipinski definition) is 2. The summed E-state index contributed by atoms with van der Waals surface area (Å²) in [5.41, 5.74) is 6.74. The summed E-state index contributed by atoms with van der Waals surface area (Å²) in [5.74, 6) is 0.206. The van der Waals surface area contributed by atoms with Crippen molar-refractivity contribution in [2.45, 2.75) is 32.1 Å². The average Bonchev–Trinajstić information content (AvgIpc) is 2.55. The van der Waals surface area contributed by atoms with E-state index in [1.807, 2.05) is 42.2 Å². The van der Waals surface area contributed by atoms with Crippen LogP contribution in [0.2, 0.25) is 0 Å². The second-order valence-corrected chi connectivity index (χ2v) is 5.52. The van der Waals surface area contributed by atoms with Crippen LogP contribution in [-0.4, -0.2) is 34.9 Å². The molecule has 1 aliphatic rings. The summed E-state index contributed by atoms with van der Waals surface area (Å²) in [4.78, 5) is 14.6. The molecule has 2 atom stereocenters. The van der Waals surface area contributed by atoms with E-state index in [1.54, 1.807) is 0 Å². The average molecular weight is 289 g/mol. The van der Waals surface area contributed by atoms with Crippen molar-refractivity contribution >= 4 is 11.7 Å². The molecule has 2 unspecified atom stereocenters. The van der Waals surface area contributed by atoms with E-state index >= 15 is 0 Å². The van der Waals surface area contributed by atoms with Gasteiger partial charge in [-0.2, -0.15) is 0 Å². The molecule has 1 fully saturated rings. The minimum atomic E-state index is -0.114. The minimum Gasteiger partial charge on any atom is -0.409 e. The van der Waals surface area contributed by atoms with E-state index < -0.39 is 0 Å². The molecule has 1 heterocycles. The molecule has 1 amide bonds. The van der Waals surface area contributed by atoms with Crippen molar-refractivity contribution < 1.29 is 10.0 Å². The molecule has 0 bridgehead atoms. The third-order valence-electron chi connectivity index (χ3n) is 4.18. The van der Waals surface area contributed by atoms with Crippen LogP contribution in [0.15, 0.2) is 35.5 Å². The highest BCUT2D eigenvalue weighted by molar-refractivity contribution is 5.86. The van der Waals surface area contributed by atoms with Gasteiger partial charge in [-0.3, -0.25) is 4.79 Å². The zero-order valence-electron chi connectivity index (χ0n) is 12.4. The van der Waals surface area contributed by atoms with Crippen molar-refractivity contribution in [3.8, 4) is 0 Å². The highest BCUT2D eigenvalue weighted by Gasteiger charge is 2.30. The molecule has 5 nitrogen and oxygen atoms in total. The summed E-state index contributed by atoms with van der Waals surface area (Å²) in [6.07, 6.45) is 2.52. The Morgan fingerprint density at radius 1 is 1.48 bits per heavy atom. The van der Waals surface area contributed by atoms with Crippen molar-refractivity contribution in [2.24, 2.45) is 16.8 Å². The standard InChI is InChI=1S/C16H23N3O2/c1-2-14(12-7-4-3-5-8-12)16(20)19-10-6-9-13(11-19)15(17)18-21/h3-5,7-8,13-14,21H,2,6,9-11H2,1H3,(H2,17,18). The highest BCUT2D eigenvalue weighted by Crippen LogP contribution is 2.25. The number of benzene rings is 1. The normalized spacial score (nSPS) is 21.1. The molecule has 1 aromatic rings. The lowest BCUT2D eigenvalue weighted by atomic mass is 9.91. The number of likely N-dealkylation sites (tertiary alicyclic amines) is 1. The number of carbonyl (C=O) groups is 1. The largest absolute Gasteiger partial charge is 0.409 e. The molecule has 0 radical (unpaired) electrons. The molecule has 2 rings (SSSR count). The van der Waals surface area contributed by atoms with Gasteiger partial charge in [-0.05, 0) is 24.8 Å². The molecule has 1 aliphatic heterocycles. The predicted molar refractivity (Wildman–Crippen MR) is 82.2 cm³/mol. The molecule has 0 aromatic heterocycles. The molecule has 5 heteroatoms. The van der Waals surface area contributed by atoms with E-state index in [4.69, 9.17) is 10.9 Å². The van der Waals surface area contributed by atoms with Crippen molar-refractivity contribution in [2.75, 3.05) is 13.1 Å². The first-order valence-corrected chi connectivity index (χ1v) is 7.48. The Bertz CT molecular complexity index is 502. The fourth-order valence-corrected chi connectivity index (χ4v) is 2.96. The lowest BCUT2D eigenvalue weighted by Crippen LogP contribution is -2.45. The number of nitrogens with two attached hydrogens (primary N) is 1. The van der Waals surface area contributed by atoms with Gasteiger partial charge in [0.2, 0.25) is 5.91 Å². The third kappa shape index (κ3) is 3.54. The molecule has 114 valence electrons. The van der Waals surface area contributed by atoms with E-state index in [-0.39, 0.29) is 23.6 Å². The number of rotatable bonds is 4. The number of amides is 1. The van der Waals surface area contributed by atoms with Gasteiger partial charge < -0.3 is 15.8 Å². The Morgan fingerprint density at radius 2 is 2.19 bits per heavy atom. The summed E-state index contributed by atoms with van der Waals surface area (Å²) in [6.45, 7) is 3.32. The third-order valence-corrected chi connectivity index (χ3v) is 4.18. The van der Waals surface area contributed by atoms with Crippen LogP contribution >= 0.6 is 0 Å². The van der Waals surface area contributed by atoms with E-state index in [2.05, 4.69) is 5.16 Å². The maximum Gasteiger partial charge on any atom is 0.230 e. The van der Waals surface area contributed by atoms with Crippen LogP contribution in [0.1, 0.15) is 37.7 Å². The molecule has 3 N–H and O–H groups in total. The Morgan fingerprint density at radius 3 is 2.81 bits per heavy atom. The van der Waals surface area contributed by atoms with Gasteiger partial charge >= 0.3 is 0 Å². The summed E-state index contributed by atoms with van der Waals surface area (Å²) >= 11 is 0. The first-order chi connectivity index (χ1) is 10.2. The first kappa shape index (κ1) is 15.4. The lowest BCUT2D eigenvalue weighted by Gasteiger charge is -2.34. The van der Waals surface area contributed by atoms with Crippen molar-refractivity contribution in [3.63, 3.8) is 0 Å². The van der Waals surface area contributed by atoms with E-state index in [0.717, 1.165) is 31.4 Å². The zero-order valence-corrected chi connectivity index (χ0v) is 12.4. The maximum absolute atomic E-state index is 12.8. The zero-order chi connectivity index (χ0) is 15.2. The molecule has 1 aromatic carbocycles. The number of piperidine rings is 1. The van der Waals surface area contributed by atoms with Gasteiger partial charge in [0.1, 0.15) is 5.84 Å². The van der Waals surface area contributed by atoms with Crippen LogP contribution in [0.3, 0.4) is 0 Å². The Kier molecular flexibility index (Phi) is 5.20. The Labute approximate surface area is 125 Å². The predicted octanol–water partition coefficient (Wildman–Crippen LogP) is 2.17. The molecule has 21 heavy (non-hydrogen) atoms. The molecular formula is C16H23N3O2. The smallest absolute Gasteiger partial charge is 0.230 e. The van der Waals surface area contributed by atoms with Gasteiger partial charge in [0.15, 0.2) is 0 Å². The molecule has 1 saturated heterocycles. The van der Waals surface area contributed by atoms with Crippen LogP contribution in [-0.2, 0) is 4.79 Å². The summed E-state index contributed by atoms with van der Waals surface area (Å²) in [6, 6.07) is 9.87. The lowest BCUT2D eigenvalue weighted by molar-refractivity contribution is -0.134. The second-order valence-electron chi connectivity index (χ2n) is 5.52. The van der Waals surface area contributed by atoms with Crippen LogP contribution in [0, 0.1) is 5.92 Å². The highest BCUT2D eigenvalue weighted by atomic mass is 16.4. The summed E-state index contributed by atoms with van der Waals surface area (Å²) in [7, 11) is 0. The quantitative estimate of drug-likeness (QED) is 0.386. The molecular weight excluding hydrogens is 266 g/mol. The van der Waals surface area contributed by atoms with Crippen LogP contribution in [0.4, 0.5) is 0 Å². The first-order valence-electron chi connectivity index (χ1n) is 7.48. The summed E-state index contributed by atoms with van der Waals surface area (Å²) < 4.78 is 0. The monoisotopic (exact) mass is 289 g/mol. The molecule has 0 aliphatic carbocycles. The summed E-state index contributed by atoms with van der Waals surface area (Å²) in [5, 5.41) is 11.9. The van der Waals surface area contributed by atoms with Crippen LogP contribution in [0.5, 0.6) is 0 Å². The molecule has 0 saturated carbocycles.